The summed E-state index contributed by atoms with van der Waals surface area (Å²) >= 11 is 7.65. The average Bonchev–Trinajstić information content (AvgIpc) is 3.12. The maximum absolute atomic E-state index is 13.0. The number of rotatable bonds is 6. The quantitative estimate of drug-likeness (QED) is 0.319. The smallest absolute Gasteiger partial charge is 0.361 e. The van der Waals surface area contributed by atoms with Gasteiger partial charge in [-0.3, -0.25) is 24.3 Å². The molecule has 42 heavy (non-hydrogen) atoms. The van der Waals surface area contributed by atoms with E-state index in [4.69, 9.17) is 11.6 Å². The summed E-state index contributed by atoms with van der Waals surface area (Å²) in [5.74, 6) is -4.45. The van der Waals surface area contributed by atoms with Gasteiger partial charge in [0.1, 0.15) is 5.15 Å². The Hall–Kier alpha value is -3.62. The van der Waals surface area contributed by atoms with Gasteiger partial charge in [0, 0.05) is 35.3 Å². The molecule has 3 amide bonds. The van der Waals surface area contributed by atoms with Crippen molar-refractivity contribution in [3.05, 3.63) is 40.1 Å². The van der Waals surface area contributed by atoms with Gasteiger partial charge in [-0.1, -0.05) is 25.4 Å². The zero-order chi connectivity index (χ0) is 30.3. The summed E-state index contributed by atoms with van der Waals surface area (Å²) in [4.78, 5) is 64.8. The maximum atomic E-state index is 13.0. The van der Waals surface area contributed by atoms with Gasteiger partial charge in [0.15, 0.2) is 0 Å². The Bertz CT molecular complexity index is 1660. The number of carbonyl (C=O) groups excluding carboxylic acids is 4. The lowest BCUT2D eigenvalue weighted by Crippen LogP contribution is -2.53. The predicted molar refractivity (Wildman–Crippen MR) is 145 cm³/mol. The van der Waals surface area contributed by atoms with Crippen LogP contribution in [-0.4, -0.2) is 62.9 Å². The van der Waals surface area contributed by atoms with Crippen LogP contribution >= 0.6 is 22.9 Å². The van der Waals surface area contributed by atoms with Gasteiger partial charge >= 0.3 is 12.1 Å². The van der Waals surface area contributed by atoms with Gasteiger partial charge in [-0.05, 0) is 30.5 Å². The van der Waals surface area contributed by atoms with Crippen LogP contribution < -0.4 is 5.32 Å². The SMILES string of the molecule is Cc1nc(Cl)cc(-c2ccnc3cc(CN4C(=O)C5C(C4=O)C5(C)C)sc23)c1NC(=O)C1CN(OC(=O)C(F)(F)F)C1. The van der Waals surface area contributed by atoms with Crippen molar-refractivity contribution in [2.45, 2.75) is 33.5 Å². The number of aromatic nitrogens is 2. The summed E-state index contributed by atoms with van der Waals surface area (Å²) < 4.78 is 38.1. The van der Waals surface area contributed by atoms with Crippen molar-refractivity contribution in [2.75, 3.05) is 18.4 Å². The number of alkyl halides is 3. The number of hydrogen-bond acceptors (Lipinski definition) is 9. The lowest BCUT2D eigenvalue weighted by atomic mass is 10.00. The molecule has 3 aromatic rings. The molecule has 5 heterocycles. The first kappa shape index (κ1) is 28.5. The van der Waals surface area contributed by atoms with Crippen LogP contribution in [0.3, 0.4) is 0 Å². The average molecular weight is 622 g/mol. The first-order valence-corrected chi connectivity index (χ1v) is 14.1. The second kappa shape index (κ2) is 9.71. The lowest BCUT2D eigenvalue weighted by molar-refractivity contribution is -0.256. The molecule has 1 aliphatic carbocycles. The molecular weight excluding hydrogens is 599 g/mol. The van der Waals surface area contributed by atoms with E-state index in [1.807, 2.05) is 19.9 Å². The van der Waals surface area contributed by atoms with Crippen LogP contribution in [0.5, 0.6) is 0 Å². The molecule has 0 radical (unpaired) electrons. The van der Waals surface area contributed by atoms with Gasteiger partial charge < -0.3 is 10.2 Å². The van der Waals surface area contributed by atoms with E-state index in [2.05, 4.69) is 20.1 Å². The Labute approximate surface area is 245 Å². The van der Waals surface area contributed by atoms with E-state index in [0.717, 1.165) is 14.6 Å². The van der Waals surface area contributed by atoms with Crippen molar-refractivity contribution >= 4 is 62.5 Å². The molecule has 220 valence electrons. The molecule has 2 saturated heterocycles. The van der Waals surface area contributed by atoms with Gasteiger partial charge in [0.25, 0.3) is 0 Å². The number of hydroxylamine groups is 2. The summed E-state index contributed by atoms with van der Waals surface area (Å²) in [5.41, 5.74) is 2.30. The largest absolute Gasteiger partial charge is 0.492 e. The number of halogens is 4. The number of nitrogens with one attached hydrogen (secondary N) is 1. The summed E-state index contributed by atoms with van der Waals surface area (Å²) in [6, 6.07) is 5.15. The number of likely N-dealkylation sites (tertiary alicyclic amines) is 1. The first-order valence-electron chi connectivity index (χ1n) is 12.9. The molecule has 0 spiro atoms. The third kappa shape index (κ3) is 4.71. The molecule has 15 heteroatoms. The second-order valence-corrected chi connectivity index (χ2v) is 12.7. The van der Waals surface area contributed by atoms with E-state index in [9.17, 15) is 32.3 Å². The number of anilines is 1. The maximum Gasteiger partial charge on any atom is 0.492 e. The monoisotopic (exact) mass is 621 g/mol. The number of hydrogen-bond donors (Lipinski definition) is 1. The minimum atomic E-state index is -5.14. The molecule has 3 aromatic heterocycles. The zero-order valence-electron chi connectivity index (χ0n) is 22.4. The molecule has 2 atom stereocenters. The molecular formula is C27H23ClF3N5O5S. The summed E-state index contributed by atoms with van der Waals surface area (Å²) in [6.45, 7) is 5.23. The van der Waals surface area contributed by atoms with Crippen molar-refractivity contribution in [3.63, 3.8) is 0 Å². The number of pyridine rings is 2. The molecule has 6 rings (SSSR count). The van der Waals surface area contributed by atoms with Crippen LogP contribution in [-0.2, 0) is 30.6 Å². The topological polar surface area (TPSA) is 122 Å². The number of fused-ring (bicyclic) bond motifs is 2. The Kier molecular flexibility index (Phi) is 6.59. The minimum Gasteiger partial charge on any atom is -0.361 e. The Morgan fingerprint density at radius 2 is 1.83 bits per heavy atom. The summed E-state index contributed by atoms with van der Waals surface area (Å²) in [6.07, 6.45) is -3.55. The second-order valence-electron chi connectivity index (χ2n) is 11.2. The molecule has 1 N–H and O–H groups in total. The predicted octanol–water partition coefficient (Wildman–Crippen LogP) is 4.35. The van der Waals surface area contributed by atoms with Crippen LogP contribution in [0.1, 0.15) is 24.4 Å². The number of carbonyl (C=O) groups is 4. The Morgan fingerprint density at radius 1 is 1.17 bits per heavy atom. The van der Waals surface area contributed by atoms with E-state index in [1.165, 1.54) is 16.2 Å². The summed E-state index contributed by atoms with van der Waals surface area (Å²) in [5, 5.41) is 3.75. The number of thiophene rings is 1. The van der Waals surface area contributed by atoms with Gasteiger partial charge in [-0.25, -0.2) is 9.78 Å². The van der Waals surface area contributed by atoms with Crippen LogP contribution in [0, 0.1) is 30.1 Å². The van der Waals surface area contributed by atoms with Gasteiger partial charge in [0.2, 0.25) is 17.7 Å². The van der Waals surface area contributed by atoms with Crippen molar-refractivity contribution in [2.24, 2.45) is 23.2 Å². The summed E-state index contributed by atoms with van der Waals surface area (Å²) in [7, 11) is 0. The normalized spacial score (nSPS) is 21.8. The van der Waals surface area contributed by atoms with Crippen molar-refractivity contribution < 1.29 is 37.2 Å². The van der Waals surface area contributed by atoms with Crippen molar-refractivity contribution in [1.82, 2.24) is 19.9 Å². The third-order valence-electron chi connectivity index (χ3n) is 8.04. The van der Waals surface area contributed by atoms with Crippen LogP contribution in [0.15, 0.2) is 24.4 Å². The zero-order valence-corrected chi connectivity index (χ0v) is 24.0. The lowest BCUT2D eigenvalue weighted by Gasteiger charge is -2.36. The molecule has 3 aliphatic rings. The fourth-order valence-corrected chi connectivity index (χ4v) is 7.04. The molecule has 0 aromatic carbocycles. The standard InChI is InChI=1S/C27H23ClF3N5O5S/c1-11-20(34-22(37)12-8-35(9-12)41-25(40)27(29,30)31)15(7-17(28)33-11)14-4-5-32-16-6-13(42-21(14)16)10-36-23(38)18-19(24(36)39)26(18,2)3/h4-7,12,18-19H,8-10H2,1-3H3,(H,34,37). The highest BCUT2D eigenvalue weighted by Crippen LogP contribution is 2.63. The van der Waals surface area contributed by atoms with E-state index in [0.29, 0.717) is 28.0 Å². The molecule has 10 nitrogen and oxygen atoms in total. The Morgan fingerprint density at radius 3 is 2.48 bits per heavy atom. The highest BCUT2D eigenvalue weighted by molar-refractivity contribution is 7.19. The van der Waals surface area contributed by atoms with E-state index >= 15 is 0 Å². The van der Waals surface area contributed by atoms with Crippen LogP contribution in [0.4, 0.5) is 18.9 Å². The Balaban J connectivity index is 1.23. The van der Waals surface area contributed by atoms with Crippen molar-refractivity contribution in [3.8, 4) is 11.1 Å². The van der Waals surface area contributed by atoms with Crippen molar-refractivity contribution in [1.29, 1.82) is 0 Å². The fourth-order valence-electron chi connectivity index (χ4n) is 5.67. The highest BCUT2D eigenvalue weighted by atomic mass is 35.5. The molecule has 3 fully saturated rings. The molecule has 2 unspecified atom stereocenters. The van der Waals surface area contributed by atoms with Gasteiger partial charge in [0.05, 0.1) is 45.9 Å². The van der Waals surface area contributed by atoms with Gasteiger partial charge in [-0.2, -0.15) is 13.2 Å². The van der Waals surface area contributed by atoms with Gasteiger partial charge in [-0.15, -0.1) is 16.4 Å². The number of amides is 3. The number of piperidine rings is 1. The van der Waals surface area contributed by atoms with E-state index < -0.39 is 24.0 Å². The molecule has 2 aliphatic heterocycles. The number of aryl methyl sites for hydroxylation is 1. The first-order chi connectivity index (χ1) is 19.7. The third-order valence-corrected chi connectivity index (χ3v) is 9.37. The van der Waals surface area contributed by atoms with Crippen LogP contribution in [0.25, 0.3) is 21.3 Å². The van der Waals surface area contributed by atoms with Crippen LogP contribution in [0.2, 0.25) is 5.15 Å². The minimum absolute atomic E-state index is 0.137. The molecule has 0 bridgehead atoms. The fraction of sp³-hybridized carbons (Fsp3) is 0.407. The van der Waals surface area contributed by atoms with E-state index in [1.54, 1.807) is 25.3 Å². The number of nitrogens with zero attached hydrogens (tertiary/aromatic N) is 4. The van der Waals surface area contributed by atoms with E-state index in [-0.39, 0.29) is 53.9 Å². The highest BCUT2D eigenvalue weighted by Gasteiger charge is 2.72. The number of imide groups is 1. The molecule has 1 saturated carbocycles.